The highest BCUT2D eigenvalue weighted by Crippen LogP contribution is 1.85. The van der Waals surface area contributed by atoms with Gasteiger partial charge in [-0.15, -0.1) is 0 Å². The van der Waals surface area contributed by atoms with Crippen molar-refractivity contribution in [3.05, 3.63) is 0 Å². The first-order valence-corrected chi connectivity index (χ1v) is 9.23. The third-order valence-corrected chi connectivity index (χ3v) is 3.40. The quantitative estimate of drug-likeness (QED) is 0.177. The molecule has 0 aliphatic heterocycles. The average molecular weight is 323 g/mol. The highest BCUT2D eigenvalue weighted by molar-refractivity contribution is 7.80. The standard InChI is InChI=1S/C14H34N4S2/c19-13-11-17-9-3-7-15-5-1-2-6-16-8-4-10-18-12-14-20/h15-20H,1-14H2. The summed E-state index contributed by atoms with van der Waals surface area (Å²) >= 11 is 8.31. The van der Waals surface area contributed by atoms with Crippen LogP contribution in [0.4, 0.5) is 0 Å². The second-order valence-corrected chi connectivity index (χ2v) is 5.76. The van der Waals surface area contributed by atoms with Gasteiger partial charge in [-0.25, -0.2) is 0 Å². The SMILES string of the molecule is SCCNCCCNCCCCNCCCNCCS. The van der Waals surface area contributed by atoms with E-state index in [1.54, 1.807) is 0 Å². The van der Waals surface area contributed by atoms with Gasteiger partial charge in [-0.1, -0.05) is 0 Å². The Labute approximate surface area is 136 Å². The predicted molar refractivity (Wildman–Crippen MR) is 97.7 cm³/mol. The smallest absolute Gasteiger partial charge is 0.00397 e. The first kappa shape index (κ1) is 20.5. The molecule has 20 heavy (non-hydrogen) atoms. The van der Waals surface area contributed by atoms with E-state index in [-0.39, 0.29) is 0 Å². The van der Waals surface area contributed by atoms with Crippen LogP contribution in [0.3, 0.4) is 0 Å². The summed E-state index contributed by atoms with van der Waals surface area (Å²) in [5.74, 6) is 1.84. The zero-order valence-corrected chi connectivity index (χ0v) is 14.6. The molecule has 0 rings (SSSR count). The van der Waals surface area contributed by atoms with E-state index in [0.717, 1.165) is 63.9 Å². The number of unbranched alkanes of at least 4 members (excludes halogenated alkanes) is 1. The molecule has 0 saturated carbocycles. The summed E-state index contributed by atoms with van der Waals surface area (Å²) in [7, 11) is 0. The lowest BCUT2D eigenvalue weighted by atomic mass is 10.3. The molecule has 6 heteroatoms. The first-order chi connectivity index (χ1) is 9.91. The Kier molecular flexibility index (Phi) is 20.1. The molecule has 0 aliphatic carbocycles. The molecule has 0 atom stereocenters. The Morgan fingerprint density at radius 2 is 0.700 bits per heavy atom. The van der Waals surface area contributed by atoms with Crippen LogP contribution in [0.25, 0.3) is 0 Å². The van der Waals surface area contributed by atoms with Gasteiger partial charge in [0.2, 0.25) is 0 Å². The van der Waals surface area contributed by atoms with Crippen LogP contribution in [0, 0.1) is 0 Å². The third kappa shape index (κ3) is 18.5. The molecular formula is C14H34N4S2. The van der Waals surface area contributed by atoms with Crippen LogP contribution < -0.4 is 21.3 Å². The summed E-state index contributed by atoms with van der Waals surface area (Å²) < 4.78 is 0. The molecule has 4 N–H and O–H groups in total. The van der Waals surface area contributed by atoms with Gasteiger partial charge in [-0.05, 0) is 65.0 Å². The molecule has 0 bridgehead atoms. The van der Waals surface area contributed by atoms with Gasteiger partial charge in [0.15, 0.2) is 0 Å². The minimum atomic E-state index is 0.922. The second kappa shape index (κ2) is 19.5. The Balaban J connectivity index is 2.89. The van der Waals surface area contributed by atoms with Crippen LogP contribution in [-0.4, -0.2) is 63.9 Å². The normalized spacial score (nSPS) is 11.1. The van der Waals surface area contributed by atoms with Gasteiger partial charge in [-0.3, -0.25) is 0 Å². The van der Waals surface area contributed by atoms with Gasteiger partial charge in [0, 0.05) is 24.6 Å². The molecule has 4 nitrogen and oxygen atoms in total. The van der Waals surface area contributed by atoms with Gasteiger partial charge in [0.05, 0.1) is 0 Å². The minimum Gasteiger partial charge on any atom is -0.317 e. The lowest BCUT2D eigenvalue weighted by Gasteiger charge is -2.07. The number of hydrogen-bond acceptors (Lipinski definition) is 6. The maximum Gasteiger partial charge on any atom is 0.00397 e. The van der Waals surface area contributed by atoms with Crippen molar-refractivity contribution in [2.45, 2.75) is 25.7 Å². The minimum absolute atomic E-state index is 0.922. The largest absolute Gasteiger partial charge is 0.317 e. The van der Waals surface area contributed by atoms with Crippen LogP contribution in [0.15, 0.2) is 0 Å². The van der Waals surface area contributed by atoms with E-state index < -0.39 is 0 Å². The molecule has 0 aromatic heterocycles. The number of hydrogen-bond donors (Lipinski definition) is 6. The summed E-state index contributed by atoms with van der Waals surface area (Å²) in [6, 6.07) is 0. The number of rotatable bonds is 17. The zero-order chi connectivity index (χ0) is 14.7. The molecule has 0 aromatic rings. The molecule has 0 amide bonds. The van der Waals surface area contributed by atoms with Crippen LogP contribution in [0.1, 0.15) is 25.7 Å². The van der Waals surface area contributed by atoms with Crippen molar-refractivity contribution in [3.63, 3.8) is 0 Å². The van der Waals surface area contributed by atoms with Crippen LogP contribution >= 0.6 is 25.3 Å². The average Bonchev–Trinajstić information content (AvgIpc) is 2.47. The predicted octanol–water partition coefficient (Wildman–Crippen LogP) is 0.765. The molecule has 0 aliphatic rings. The molecule has 0 aromatic carbocycles. The van der Waals surface area contributed by atoms with Crippen molar-refractivity contribution in [3.8, 4) is 0 Å². The van der Waals surface area contributed by atoms with Crippen molar-refractivity contribution in [1.29, 1.82) is 0 Å². The van der Waals surface area contributed by atoms with Crippen molar-refractivity contribution in [1.82, 2.24) is 21.3 Å². The first-order valence-electron chi connectivity index (χ1n) is 7.96. The van der Waals surface area contributed by atoms with Gasteiger partial charge < -0.3 is 21.3 Å². The van der Waals surface area contributed by atoms with Crippen LogP contribution in [0.2, 0.25) is 0 Å². The Bertz CT molecular complexity index is 155. The molecular weight excluding hydrogens is 288 g/mol. The highest BCUT2D eigenvalue weighted by atomic mass is 32.1. The molecule has 122 valence electrons. The van der Waals surface area contributed by atoms with E-state index in [1.165, 1.54) is 25.7 Å². The second-order valence-electron chi connectivity index (χ2n) is 4.86. The van der Waals surface area contributed by atoms with Crippen LogP contribution in [-0.2, 0) is 0 Å². The maximum atomic E-state index is 4.16. The Morgan fingerprint density at radius 3 is 1.05 bits per heavy atom. The summed E-state index contributed by atoms with van der Waals surface area (Å²) in [4.78, 5) is 0. The van der Waals surface area contributed by atoms with E-state index in [2.05, 4.69) is 46.5 Å². The van der Waals surface area contributed by atoms with E-state index in [4.69, 9.17) is 0 Å². The topological polar surface area (TPSA) is 48.1 Å². The molecule has 0 fully saturated rings. The van der Waals surface area contributed by atoms with Crippen molar-refractivity contribution in [2.75, 3.05) is 63.9 Å². The van der Waals surface area contributed by atoms with Gasteiger partial charge >= 0.3 is 0 Å². The number of nitrogens with one attached hydrogen (secondary N) is 4. The van der Waals surface area contributed by atoms with Crippen LogP contribution in [0.5, 0.6) is 0 Å². The molecule has 0 saturated heterocycles. The van der Waals surface area contributed by atoms with Gasteiger partial charge in [0.1, 0.15) is 0 Å². The lowest BCUT2D eigenvalue weighted by Crippen LogP contribution is -2.25. The fraction of sp³-hybridized carbons (Fsp3) is 1.00. The molecule has 0 heterocycles. The lowest BCUT2D eigenvalue weighted by molar-refractivity contribution is 0.552. The monoisotopic (exact) mass is 322 g/mol. The van der Waals surface area contributed by atoms with Gasteiger partial charge in [-0.2, -0.15) is 25.3 Å². The summed E-state index contributed by atoms with van der Waals surface area (Å²) in [6.07, 6.45) is 4.92. The van der Waals surface area contributed by atoms with E-state index >= 15 is 0 Å². The maximum absolute atomic E-state index is 4.16. The molecule has 0 radical (unpaired) electrons. The van der Waals surface area contributed by atoms with E-state index in [1.807, 2.05) is 0 Å². The Morgan fingerprint density at radius 1 is 0.400 bits per heavy atom. The third-order valence-electron chi connectivity index (χ3n) is 2.95. The highest BCUT2D eigenvalue weighted by Gasteiger charge is 1.91. The fourth-order valence-corrected chi connectivity index (χ4v) is 2.15. The fourth-order valence-electron chi connectivity index (χ4n) is 1.83. The van der Waals surface area contributed by atoms with E-state index in [0.29, 0.717) is 0 Å². The summed E-state index contributed by atoms with van der Waals surface area (Å²) in [5, 5.41) is 13.7. The van der Waals surface area contributed by atoms with Crippen molar-refractivity contribution in [2.24, 2.45) is 0 Å². The van der Waals surface area contributed by atoms with E-state index in [9.17, 15) is 0 Å². The van der Waals surface area contributed by atoms with Crippen molar-refractivity contribution >= 4 is 25.3 Å². The summed E-state index contributed by atoms with van der Waals surface area (Å²) in [6.45, 7) is 8.72. The van der Waals surface area contributed by atoms with Crippen molar-refractivity contribution < 1.29 is 0 Å². The molecule has 0 spiro atoms. The molecule has 0 unspecified atom stereocenters. The zero-order valence-electron chi connectivity index (χ0n) is 12.8. The summed E-state index contributed by atoms with van der Waals surface area (Å²) in [5.41, 5.74) is 0. The number of thiol groups is 2. The van der Waals surface area contributed by atoms with Gasteiger partial charge in [0.25, 0.3) is 0 Å². The Hall–Kier alpha value is 0.540.